The van der Waals surface area contributed by atoms with Crippen LogP contribution in [-0.4, -0.2) is 5.91 Å². The van der Waals surface area contributed by atoms with Crippen molar-refractivity contribution >= 4 is 17.2 Å². The van der Waals surface area contributed by atoms with Crippen LogP contribution < -0.4 is 22.9 Å². The fraction of sp³-hybridized carbons (Fsp3) is 0.100. The molecule has 1 amide bonds. The molecule has 86 valence electrons. The van der Waals surface area contributed by atoms with Crippen molar-refractivity contribution in [2.75, 3.05) is 0 Å². The second-order valence-corrected chi connectivity index (χ2v) is 4.17. The number of rotatable bonds is 4. The Bertz CT molecular complexity index is 434. The third kappa shape index (κ3) is 2.77. The summed E-state index contributed by atoms with van der Waals surface area (Å²) >= 11 is 1.56. The minimum Gasteiger partial charge on any atom is -0.404 e. The van der Waals surface area contributed by atoms with Crippen LogP contribution in [0.25, 0.3) is 0 Å². The average Bonchev–Trinajstić information content (AvgIpc) is 2.70. The standard InChI is InChI=1S/C10H14N4OS/c11-5-7(10(14)15)9(13)8(12)4-6-2-1-3-16-6/h1-3,5H,4,11-13H2,(H2,14,15)/b7-5+,9-8+. The van der Waals surface area contributed by atoms with E-state index in [0.717, 1.165) is 11.1 Å². The summed E-state index contributed by atoms with van der Waals surface area (Å²) in [6.45, 7) is 0. The van der Waals surface area contributed by atoms with Gasteiger partial charge in [0.25, 0.3) is 5.91 Å². The zero-order valence-electron chi connectivity index (χ0n) is 8.64. The third-order valence-corrected chi connectivity index (χ3v) is 2.89. The number of primary amides is 1. The fourth-order valence-corrected chi connectivity index (χ4v) is 1.90. The molecule has 0 aliphatic rings. The number of nitrogens with two attached hydrogens (primary N) is 4. The van der Waals surface area contributed by atoms with Gasteiger partial charge in [-0.3, -0.25) is 4.79 Å². The smallest absolute Gasteiger partial charge is 0.252 e. The molecule has 1 aromatic rings. The van der Waals surface area contributed by atoms with Crippen LogP contribution in [0.15, 0.2) is 40.7 Å². The Morgan fingerprint density at radius 1 is 1.38 bits per heavy atom. The summed E-state index contributed by atoms with van der Waals surface area (Å²) in [5.41, 5.74) is 22.4. The number of thiophene rings is 1. The van der Waals surface area contributed by atoms with Crippen molar-refractivity contribution in [3.8, 4) is 0 Å². The molecule has 5 nitrogen and oxygen atoms in total. The number of amides is 1. The molecule has 0 radical (unpaired) electrons. The van der Waals surface area contributed by atoms with Gasteiger partial charge in [-0.2, -0.15) is 0 Å². The molecule has 0 bridgehead atoms. The molecule has 6 heteroatoms. The first kappa shape index (κ1) is 12.1. The molecule has 0 aliphatic carbocycles. The van der Waals surface area contributed by atoms with Gasteiger partial charge in [0.1, 0.15) is 0 Å². The van der Waals surface area contributed by atoms with Crippen LogP contribution in [-0.2, 0) is 11.2 Å². The molecule has 1 rings (SSSR count). The van der Waals surface area contributed by atoms with Crippen molar-refractivity contribution in [2.45, 2.75) is 6.42 Å². The van der Waals surface area contributed by atoms with Gasteiger partial charge in [-0.05, 0) is 11.4 Å². The second-order valence-electron chi connectivity index (χ2n) is 3.14. The first-order valence-electron chi connectivity index (χ1n) is 4.54. The second kappa shape index (κ2) is 5.22. The first-order valence-corrected chi connectivity index (χ1v) is 5.42. The summed E-state index contributed by atoms with van der Waals surface area (Å²) in [4.78, 5) is 12.0. The highest BCUT2D eigenvalue weighted by atomic mass is 32.1. The minimum atomic E-state index is -0.686. The molecule has 0 atom stereocenters. The Morgan fingerprint density at radius 2 is 2.06 bits per heavy atom. The summed E-state index contributed by atoms with van der Waals surface area (Å²) in [5.74, 6) is -0.686. The predicted molar refractivity (Wildman–Crippen MR) is 64.9 cm³/mol. The van der Waals surface area contributed by atoms with Crippen LogP contribution in [0, 0.1) is 0 Å². The molecule has 8 N–H and O–H groups in total. The topological polar surface area (TPSA) is 121 Å². The normalized spacial score (nSPS) is 13.4. The number of hydrogen-bond donors (Lipinski definition) is 4. The SMILES string of the molecule is N/C=C(C(N)=O)\C(N)=C(/N)Cc1cccs1. The molecule has 0 unspecified atom stereocenters. The zero-order valence-corrected chi connectivity index (χ0v) is 9.46. The van der Waals surface area contributed by atoms with Crippen molar-refractivity contribution < 1.29 is 4.79 Å². The van der Waals surface area contributed by atoms with E-state index in [1.54, 1.807) is 11.3 Å². The maximum Gasteiger partial charge on any atom is 0.252 e. The van der Waals surface area contributed by atoms with Crippen LogP contribution >= 0.6 is 11.3 Å². The van der Waals surface area contributed by atoms with Gasteiger partial charge in [0.05, 0.1) is 11.3 Å². The van der Waals surface area contributed by atoms with Gasteiger partial charge >= 0.3 is 0 Å². The zero-order chi connectivity index (χ0) is 12.1. The Hall–Kier alpha value is -1.95. The lowest BCUT2D eigenvalue weighted by Crippen LogP contribution is -2.23. The highest BCUT2D eigenvalue weighted by Crippen LogP contribution is 2.14. The molecule has 0 spiro atoms. The van der Waals surface area contributed by atoms with Crippen molar-refractivity contribution in [1.29, 1.82) is 0 Å². The van der Waals surface area contributed by atoms with Gasteiger partial charge in [0.2, 0.25) is 0 Å². The van der Waals surface area contributed by atoms with Crippen LogP contribution in [0.2, 0.25) is 0 Å². The number of allylic oxidation sites excluding steroid dienone is 1. The minimum absolute atomic E-state index is 0.0501. The summed E-state index contributed by atoms with van der Waals surface area (Å²) in [7, 11) is 0. The van der Waals surface area contributed by atoms with E-state index < -0.39 is 5.91 Å². The lowest BCUT2D eigenvalue weighted by Gasteiger charge is -2.07. The first-order chi connectivity index (χ1) is 7.56. The summed E-state index contributed by atoms with van der Waals surface area (Å²) < 4.78 is 0. The average molecular weight is 238 g/mol. The summed E-state index contributed by atoms with van der Waals surface area (Å²) in [6, 6.07) is 3.85. The maximum atomic E-state index is 11.0. The molecule has 0 fully saturated rings. The van der Waals surface area contributed by atoms with E-state index in [1.807, 2.05) is 17.5 Å². The molecular weight excluding hydrogens is 224 g/mol. The van der Waals surface area contributed by atoms with Gasteiger partial charge in [0.15, 0.2) is 0 Å². The lowest BCUT2D eigenvalue weighted by atomic mass is 10.1. The van der Waals surface area contributed by atoms with E-state index in [4.69, 9.17) is 22.9 Å². The molecule has 0 saturated carbocycles. The number of carbonyl (C=O) groups excluding carboxylic acids is 1. The lowest BCUT2D eigenvalue weighted by molar-refractivity contribution is -0.114. The van der Waals surface area contributed by atoms with Crippen molar-refractivity contribution in [3.05, 3.63) is 45.6 Å². The van der Waals surface area contributed by atoms with Gasteiger partial charge in [0, 0.05) is 23.2 Å². The van der Waals surface area contributed by atoms with Crippen molar-refractivity contribution in [1.82, 2.24) is 0 Å². The van der Waals surface area contributed by atoms with Crippen LogP contribution in [0.5, 0.6) is 0 Å². The van der Waals surface area contributed by atoms with E-state index in [-0.39, 0.29) is 11.3 Å². The third-order valence-electron chi connectivity index (χ3n) is 2.01. The van der Waals surface area contributed by atoms with Crippen LogP contribution in [0.3, 0.4) is 0 Å². The predicted octanol–water partition coefficient (Wildman–Crippen LogP) is -0.252. The van der Waals surface area contributed by atoms with Crippen LogP contribution in [0.4, 0.5) is 0 Å². The highest BCUT2D eigenvalue weighted by molar-refractivity contribution is 7.09. The van der Waals surface area contributed by atoms with Gasteiger partial charge in [-0.1, -0.05) is 6.07 Å². The Kier molecular flexibility index (Phi) is 3.96. The Morgan fingerprint density at radius 3 is 2.50 bits per heavy atom. The van der Waals surface area contributed by atoms with Crippen molar-refractivity contribution in [3.63, 3.8) is 0 Å². The molecule has 1 heterocycles. The quantitative estimate of drug-likeness (QED) is 0.426. The van der Waals surface area contributed by atoms with E-state index in [9.17, 15) is 4.79 Å². The van der Waals surface area contributed by atoms with E-state index in [1.165, 1.54) is 0 Å². The molecule has 0 aromatic carbocycles. The largest absolute Gasteiger partial charge is 0.404 e. The van der Waals surface area contributed by atoms with E-state index in [0.29, 0.717) is 12.1 Å². The summed E-state index contributed by atoms with van der Waals surface area (Å²) in [5, 5.41) is 1.94. The Balaban J connectivity index is 2.91. The number of hydrogen-bond acceptors (Lipinski definition) is 5. The molecule has 0 saturated heterocycles. The molecule has 0 aliphatic heterocycles. The number of carbonyl (C=O) groups is 1. The molecule has 16 heavy (non-hydrogen) atoms. The highest BCUT2D eigenvalue weighted by Gasteiger charge is 2.11. The monoisotopic (exact) mass is 238 g/mol. The Labute approximate surface area is 97.4 Å². The van der Waals surface area contributed by atoms with Gasteiger partial charge in [-0.25, -0.2) is 0 Å². The van der Waals surface area contributed by atoms with Gasteiger partial charge < -0.3 is 22.9 Å². The summed E-state index contributed by atoms with van der Waals surface area (Å²) in [6.07, 6.45) is 1.55. The van der Waals surface area contributed by atoms with Crippen LogP contribution in [0.1, 0.15) is 4.88 Å². The molecule has 1 aromatic heterocycles. The maximum absolute atomic E-state index is 11.0. The molecular formula is C10H14N4OS. The van der Waals surface area contributed by atoms with Gasteiger partial charge in [-0.15, -0.1) is 11.3 Å². The van der Waals surface area contributed by atoms with E-state index in [2.05, 4.69) is 0 Å². The van der Waals surface area contributed by atoms with E-state index >= 15 is 0 Å². The fourth-order valence-electron chi connectivity index (χ4n) is 1.17. The van der Waals surface area contributed by atoms with Crippen molar-refractivity contribution in [2.24, 2.45) is 22.9 Å².